The molecule has 2 aromatic rings. The molecule has 0 amide bonds. The van der Waals surface area contributed by atoms with Crippen molar-refractivity contribution in [3.8, 4) is 11.5 Å². The fourth-order valence-electron chi connectivity index (χ4n) is 3.49. The summed E-state index contributed by atoms with van der Waals surface area (Å²) in [5.74, 6) is 0.453. The van der Waals surface area contributed by atoms with Crippen LogP contribution in [0.2, 0.25) is 5.02 Å². The second kappa shape index (κ2) is 9.08. The molecule has 0 unspecified atom stereocenters. The van der Waals surface area contributed by atoms with E-state index in [-0.39, 0.29) is 5.43 Å². The predicted octanol–water partition coefficient (Wildman–Crippen LogP) is 0.878. The number of ether oxygens (including phenoxy) is 1. The Labute approximate surface area is 186 Å². The molecule has 0 saturated carbocycles. The Morgan fingerprint density at radius 3 is 2.38 bits per heavy atom. The Kier molecular flexibility index (Phi) is 6.40. The highest BCUT2D eigenvalue weighted by Gasteiger charge is 2.42. The average Bonchev–Trinajstić information content (AvgIpc) is 2.80. The van der Waals surface area contributed by atoms with Gasteiger partial charge in [-0.15, -0.1) is 0 Å². The molecule has 32 heavy (non-hydrogen) atoms. The maximum atomic E-state index is 12.1. The van der Waals surface area contributed by atoms with Gasteiger partial charge >= 0.3 is 0 Å². The van der Waals surface area contributed by atoms with Gasteiger partial charge in [-0.2, -0.15) is 0 Å². The Morgan fingerprint density at radius 2 is 1.66 bits per heavy atom. The van der Waals surface area contributed by atoms with Crippen LogP contribution in [0.15, 0.2) is 57.7 Å². The first-order valence-corrected chi connectivity index (χ1v) is 10.1. The molecule has 9 nitrogen and oxygen atoms in total. The van der Waals surface area contributed by atoms with E-state index < -0.39 is 37.3 Å². The molecule has 2 aromatic carbocycles. The second-order valence-electron chi connectivity index (χ2n) is 7.29. The molecule has 0 radical (unpaired) electrons. The van der Waals surface area contributed by atoms with Crippen LogP contribution in [0, 0.1) is 0 Å². The van der Waals surface area contributed by atoms with Crippen molar-refractivity contribution in [3.63, 3.8) is 0 Å². The lowest BCUT2D eigenvalue weighted by atomic mass is 10.00. The van der Waals surface area contributed by atoms with Gasteiger partial charge in [0.15, 0.2) is 23.1 Å². The lowest BCUT2D eigenvalue weighted by Gasteiger charge is -2.37. The van der Waals surface area contributed by atoms with Gasteiger partial charge in [0.1, 0.15) is 35.6 Å². The third-order valence-electron chi connectivity index (χ3n) is 5.20. The monoisotopic (exact) mass is 461 g/mol. The summed E-state index contributed by atoms with van der Waals surface area (Å²) in [6, 6.07) is 14.2. The fraction of sp³-hybridized carbons (Fsp3) is 0.273. The molecule has 168 valence electrons. The van der Waals surface area contributed by atoms with E-state index in [0.717, 1.165) is 5.39 Å². The first kappa shape index (κ1) is 22.6. The number of hydrogen-bond acceptors (Lipinski definition) is 9. The maximum Gasteiger partial charge on any atom is 0.190 e. The summed E-state index contributed by atoms with van der Waals surface area (Å²) in [7, 11) is 0. The lowest BCUT2D eigenvalue weighted by molar-refractivity contribution is -0.286. The molecule has 0 spiro atoms. The summed E-state index contributed by atoms with van der Waals surface area (Å²) in [6.45, 7) is -0.526. The van der Waals surface area contributed by atoms with Crippen LogP contribution in [0.1, 0.15) is 0 Å². The summed E-state index contributed by atoms with van der Waals surface area (Å²) in [5, 5.41) is 46.6. The van der Waals surface area contributed by atoms with Gasteiger partial charge in [-0.25, -0.2) is 4.98 Å². The molecule has 1 saturated heterocycles. The smallest absolute Gasteiger partial charge is 0.190 e. The van der Waals surface area contributed by atoms with Gasteiger partial charge in [-0.1, -0.05) is 41.9 Å². The maximum absolute atomic E-state index is 12.1. The topological polar surface area (TPSA) is 153 Å². The number of halogens is 1. The predicted molar refractivity (Wildman–Crippen MR) is 115 cm³/mol. The largest absolute Gasteiger partial charge is 0.451 e. The zero-order chi connectivity index (χ0) is 23.0. The highest BCUT2D eigenvalue weighted by atomic mass is 35.5. The Morgan fingerprint density at radius 1 is 0.938 bits per heavy atom. The van der Waals surface area contributed by atoms with Crippen molar-refractivity contribution in [1.82, 2.24) is 4.98 Å². The number of aromatic nitrogens is 1. The van der Waals surface area contributed by atoms with E-state index in [1.54, 1.807) is 12.1 Å². The second-order valence-corrected chi connectivity index (χ2v) is 7.70. The van der Waals surface area contributed by atoms with Crippen LogP contribution in [0.5, 0.6) is 0 Å². The highest BCUT2D eigenvalue weighted by Crippen LogP contribution is 2.32. The van der Waals surface area contributed by atoms with Gasteiger partial charge < -0.3 is 34.7 Å². The number of para-hydroxylation sites is 1. The van der Waals surface area contributed by atoms with Crippen molar-refractivity contribution in [2.75, 3.05) is 6.61 Å². The number of aliphatic hydroxyl groups excluding tert-OH is 5. The standard InChI is InChI=1S/C16H8ClNO2.C6H12O6/c17-11-6-3-7-12-16(11)20-14-8-13(19)9-4-1-2-5-10(9)15(14)18-12;7-1-2-3(8)4(9)5(10)6(11)12-2/h1-8H;2-11H,1H2/t;2-,3-,4+,5-,6-/m.1/s1. The number of aliphatic hydroxyl groups is 5. The van der Waals surface area contributed by atoms with Gasteiger partial charge in [-0.05, 0) is 12.1 Å². The van der Waals surface area contributed by atoms with Crippen LogP contribution in [0.3, 0.4) is 0 Å². The van der Waals surface area contributed by atoms with E-state index in [1.807, 2.05) is 30.3 Å². The van der Waals surface area contributed by atoms with Gasteiger partial charge in [0, 0.05) is 16.8 Å². The molecule has 1 aliphatic carbocycles. The minimum Gasteiger partial charge on any atom is -0.451 e. The van der Waals surface area contributed by atoms with Crippen molar-refractivity contribution in [3.05, 3.63) is 63.8 Å². The fourth-order valence-corrected chi connectivity index (χ4v) is 3.70. The Balaban J connectivity index is 0.000000176. The highest BCUT2D eigenvalue weighted by molar-refractivity contribution is 6.34. The molecule has 1 fully saturated rings. The van der Waals surface area contributed by atoms with Crippen LogP contribution >= 0.6 is 11.6 Å². The molecule has 0 aromatic heterocycles. The first-order chi connectivity index (χ1) is 15.3. The molecule has 2 heterocycles. The van der Waals surface area contributed by atoms with Crippen molar-refractivity contribution < 1.29 is 34.7 Å². The zero-order valence-corrected chi connectivity index (χ0v) is 17.3. The minimum absolute atomic E-state index is 0.0787. The normalized spacial score (nSPS) is 25.6. The van der Waals surface area contributed by atoms with Crippen LogP contribution in [-0.2, 0) is 4.74 Å². The van der Waals surface area contributed by atoms with Gasteiger partial charge in [0.25, 0.3) is 0 Å². The summed E-state index contributed by atoms with van der Waals surface area (Å²) >= 11 is 6.10. The summed E-state index contributed by atoms with van der Waals surface area (Å²) in [6.07, 6.45) is -7.04. The van der Waals surface area contributed by atoms with E-state index in [2.05, 4.69) is 9.72 Å². The first-order valence-electron chi connectivity index (χ1n) is 9.71. The van der Waals surface area contributed by atoms with Crippen LogP contribution < -0.4 is 5.43 Å². The number of hydrogen-bond donors (Lipinski definition) is 5. The minimum atomic E-state index is -1.57. The van der Waals surface area contributed by atoms with E-state index in [0.29, 0.717) is 33.0 Å². The van der Waals surface area contributed by atoms with E-state index in [4.69, 9.17) is 41.6 Å². The van der Waals surface area contributed by atoms with E-state index >= 15 is 0 Å². The van der Waals surface area contributed by atoms with Crippen molar-refractivity contribution in [2.45, 2.75) is 30.7 Å². The zero-order valence-electron chi connectivity index (χ0n) is 16.5. The van der Waals surface area contributed by atoms with Crippen molar-refractivity contribution in [1.29, 1.82) is 0 Å². The quantitative estimate of drug-likeness (QED) is 0.205. The third-order valence-corrected chi connectivity index (χ3v) is 5.50. The van der Waals surface area contributed by atoms with E-state index in [1.165, 1.54) is 6.07 Å². The summed E-state index contributed by atoms with van der Waals surface area (Å²) in [5.41, 5.74) is 1.77. The molecule has 5 N–H and O–H groups in total. The molecule has 10 heteroatoms. The van der Waals surface area contributed by atoms with Crippen LogP contribution in [0.4, 0.5) is 0 Å². The van der Waals surface area contributed by atoms with Crippen molar-refractivity contribution >= 4 is 33.5 Å². The number of rotatable bonds is 1. The Hall–Kier alpha value is -2.63. The molecular weight excluding hydrogens is 442 g/mol. The number of fused-ring (bicyclic) bond motifs is 4. The van der Waals surface area contributed by atoms with Gasteiger partial charge in [0.05, 0.1) is 11.6 Å². The molecule has 5 rings (SSSR count). The molecule has 5 atom stereocenters. The van der Waals surface area contributed by atoms with E-state index in [9.17, 15) is 4.79 Å². The number of benzene rings is 3. The molecule has 2 aliphatic heterocycles. The third kappa shape index (κ3) is 4.07. The summed E-state index contributed by atoms with van der Waals surface area (Å²) < 4.78 is 10.3. The lowest BCUT2D eigenvalue weighted by Crippen LogP contribution is -2.58. The molecule has 3 aliphatic rings. The molecule has 0 bridgehead atoms. The average molecular weight is 462 g/mol. The SMILES string of the molecule is O=c1cc2oc3c(Cl)cccc3nc-2c2ccccc12.OC[C@H]1O[C@@H](O)[C@H](O)[C@@H](O)[C@@H]1O. The molecular formula is C22H20ClNO8. The number of nitrogens with zero attached hydrogens (tertiary/aromatic N) is 1. The van der Waals surface area contributed by atoms with Crippen LogP contribution in [0.25, 0.3) is 33.3 Å². The van der Waals surface area contributed by atoms with Gasteiger partial charge in [0.2, 0.25) is 0 Å². The summed E-state index contributed by atoms with van der Waals surface area (Å²) in [4.78, 5) is 16.7. The van der Waals surface area contributed by atoms with Gasteiger partial charge in [-0.3, -0.25) is 4.79 Å². The Bertz CT molecular complexity index is 1270. The van der Waals surface area contributed by atoms with Crippen molar-refractivity contribution in [2.24, 2.45) is 0 Å². The van der Waals surface area contributed by atoms with Crippen LogP contribution in [-0.4, -0.2) is 67.8 Å².